The summed E-state index contributed by atoms with van der Waals surface area (Å²) < 4.78 is 9.19. The van der Waals surface area contributed by atoms with E-state index in [2.05, 4.69) is 182 Å². The summed E-state index contributed by atoms with van der Waals surface area (Å²) in [6.45, 7) is 4.65. The van der Waals surface area contributed by atoms with Crippen molar-refractivity contribution in [2.75, 3.05) is 0 Å². The van der Waals surface area contributed by atoms with Crippen molar-refractivity contribution >= 4 is 54.5 Å². The third-order valence-corrected chi connectivity index (χ3v) is 11.4. The Morgan fingerprint density at radius 3 is 1.92 bits per heavy atom. The van der Waals surface area contributed by atoms with E-state index in [1.165, 1.54) is 77.1 Å². The molecule has 2 nitrogen and oxygen atoms in total. The van der Waals surface area contributed by atoms with E-state index in [-0.39, 0.29) is 5.41 Å². The number of furan rings is 1. The third kappa shape index (κ3) is 4.05. The minimum atomic E-state index is -0.145. The number of fused-ring (bicyclic) bond motifs is 11. The van der Waals surface area contributed by atoms with E-state index < -0.39 is 0 Å². The predicted molar refractivity (Wildman–Crippen MR) is 214 cm³/mol. The molecular formula is C49H33NO. The average Bonchev–Trinajstić information content (AvgIpc) is 3.79. The van der Waals surface area contributed by atoms with E-state index in [4.69, 9.17) is 4.42 Å². The molecule has 1 aliphatic carbocycles. The third-order valence-electron chi connectivity index (χ3n) is 11.4. The van der Waals surface area contributed by atoms with E-state index in [9.17, 15) is 0 Å². The molecule has 0 aliphatic heterocycles. The lowest BCUT2D eigenvalue weighted by Crippen LogP contribution is -2.15. The van der Waals surface area contributed by atoms with Crippen LogP contribution in [-0.4, -0.2) is 4.57 Å². The summed E-state index contributed by atoms with van der Waals surface area (Å²) in [4.78, 5) is 0. The van der Waals surface area contributed by atoms with Crippen molar-refractivity contribution < 1.29 is 4.42 Å². The van der Waals surface area contributed by atoms with Crippen LogP contribution in [0.4, 0.5) is 0 Å². The Bertz CT molecular complexity index is 3050. The first-order valence-corrected chi connectivity index (χ1v) is 17.8. The SMILES string of the molecule is CC1(C)c2ccccc2-c2ccc3c(oc4ccc(-n5c6ccc(-c7ccccc7)cc6c6cc(-c7ccc8ccccc8c7)ccc65)cc43)c21. The molecule has 11 rings (SSSR count). The second-order valence-corrected chi connectivity index (χ2v) is 14.5. The summed E-state index contributed by atoms with van der Waals surface area (Å²) in [5.41, 5.74) is 15.4. The van der Waals surface area contributed by atoms with E-state index in [0.29, 0.717) is 0 Å². The van der Waals surface area contributed by atoms with Crippen molar-refractivity contribution in [3.05, 3.63) is 175 Å². The Morgan fingerprint density at radius 1 is 0.451 bits per heavy atom. The Hall–Kier alpha value is -6.38. The molecule has 0 atom stereocenters. The van der Waals surface area contributed by atoms with E-state index in [0.717, 1.165) is 27.6 Å². The Kier molecular flexibility index (Phi) is 5.76. The van der Waals surface area contributed by atoms with Crippen LogP contribution in [0.3, 0.4) is 0 Å². The van der Waals surface area contributed by atoms with Gasteiger partial charge in [-0.25, -0.2) is 0 Å². The second kappa shape index (κ2) is 10.3. The van der Waals surface area contributed by atoms with Crippen molar-refractivity contribution in [1.82, 2.24) is 4.57 Å². The van der Waals surface area contributed by atoms with Gasteiger partial charge in [-0.1, -0.05) is 123 Å². The highest BCUT2D eigenvalue weighted by atomic mass is 16.3. The Labute approximate surface area is 295 Å². The molecule has 10 aromatic rings. The summed E-state index contributed by atoms with van der Waals surface area (Å²) in [5.74, 6) is 0. The molecule has 0 unspecified atom stereocenters. The van der Waals surface area contributed by atoms with E-state index in [1.54, 1.807) is 0 Å². The lowest BCUT2D eigenvalue weighted by Gasteiger charge is -2.21. The molecule has 0 bridgehead atoms. The van der Waals surface area contributed by atoms with Gasteiger partial charge in [-0.05, 0) is 104 Å². The van der Waals surface area contributed by atoms with Gasteiger partial charge in [-0.3, -0.25) is 0 Å². The van der Waals surface area contributed by atoms with Crippen LogP contribution in [0, 0.1) is 0 Å². The molecule has 2 aromatic heterocycles. The zero-order valence-electron chi connectivity index (χ0n) is 28.4. The van der Waals surface area contributed by atoms with Crippen molar-refractivity contribution in [2.24, 2.45) is 0 Å². The molecule has 0 amide bonds. The molecule has 240 valence electrons. The van der Waals surface area contributed by atoms with Gasteiger partial charge < -0.3 is 8.98 Å². The summed E-state index contributed by atoms with van der Waals surface area (Å²) >= 11 is 0. The molecule has 0 saturated heterocycles. The highest BCUT2D eigenvalue weighted by molar-refractivity contribution is 6.13. The molecule has 2 heterocycles. The molecule has 0 saturated carbocycles. The lowest BCUT2D eigenvalue weighted by molar-refractivity contribution is 0.620. The largest absolute Gasteiger partial charge is 0.456 e. The van der Waals surface area contributed by atoms with Crippen molar-refractivity contribution in [2.45, 2.75) is 19.3 Å². The summed E-state index contributed by atoms with van der Waals surface area (Å²) in [5, 5.41) is 7.29. The maximum atomic E-state index is 6.76. The van der Waals surface area contributed by atoms with Crippen molar-refractivity contribution in [1.29, 1.82) is 0 Å². The second-order valence-electron chi connectivity index (χ2n) is 14.5. The summed E-state index contributed by atoms with van der Waals surface area (Å²) in [6, 6.07) is 59.9. The zero-order chi connectivity index (χ0) is 33.8. The normalized spacial score (nSPS) is 13.5. The minimum absolute atomic E-state index is 0.145. The van der Waals surface area contributed by atoms with Gasteiger partial charge in [0, 0.05) is 38.2 Å². The van der Waals surface area contributed by atoms with E-state index in [1.807, 2.05) is 0 Å². The highest BCUT2D eigenvalue weighted by Gasteiger charge is 2.38. The van der Waals surface area contributed by atoms with Gasteiger partial charge in [0.25, 0.3) is 0 Å². The molecule has 8 aromatic carbocycles. The first-order chi connectivity index (χ1) is 25.0. The van der Waals surface area contributed by atoms with Crippen LogP contribution in [0.1, 0.15) is 25.0 Å². The van der Waals surface area contributed by atoms with Gasteiger partial charge in [-0.2, -0.15) is 0 Å². The van der Waals surface area contributed by atoms with Crippen LogP contribution in [-0.2, 0) is 5.41 Å². The smallest absolute Gasteiger partial charge is 0.140 e. The maximum Gasteiger partial charge on any atom is 0.140 e. The Balaban J connectivity index is 1.14. The quantitative estimate of drug-likeness (QED) is 0.186. The number of benzene rings is 8. The number of hydrogen-bond acceptors (Lipinski definition) is 1. The fourth-order valence-corrected chi connectivity index (χ4v) is 8.87. The van der Waals surface area contributed by atoms with Gasteiger partial charge in [-0.15, -0.1) is 0 Å². The van der Waals surface area contributed by atoms with Crippen molar-refractivity contribution in [3.8, 4) is 39.1 Å². The molecular weight excluding hydrogens is 619 g/mol. The topological polar surface area (TPSA) is 18.1 Å². The fraction of sp³-hybridized carbons (Fsp3) is 0.0612. The lowest BCUT2D eigenvalue weighted by atomic mass is 9.82. The maximum absolute atomic E-state index is 6.76. The first-order valence-electron chi connectivity index (χ1n) is 17.8. The molecule has 0 spiro atoms. The number of nitrogens with zero attached hydrogens (tertiary/aromatic N) is 1. The minimum Gasteiger partial charge on any atom is -0.456 e. The fourth-order valence-electron chi connectivity index (χ4n) is 8.87. The van der Waals surface area contributed by atoms with Crippen LogP contribution < -0.4 is 0 Å². The number of aromatic nitrogens is 1. The monoisotopic (exact) mass is 651 g/mol. The predicted octanol–water partition coefficient (Wildman–Crippen LogP) is 13.5. The number of hydrogen-bond donors (Lipinski definition) is 0. The average molecular weight is 652 g/mol. The van der Waals surface area contributed by atoms with Crippen LogP contribution in [0.5, 0.6) is 0 Å². The van der Waals surface area contributed by atoms with Crippen molar-refractivity contribution in [3.63, 3.8) is 0 Å². The molecule has 1 aliphatic rings. The molecule has 0 N–H and O–H groups in total. The summed E-state index contributed by atoms with van der Waals surface area (Å²) in [7, 11) is 0. The van der Waals surface area contributed by atoms with Crippen LogP contribution in [0.15, 0.2) is 168 Å². The molecule has 2 heteroatoms. The van der Waals surface area contributed by atoms with Crippen LogP contribution in [0.2, 0.25) is 0 Å². The van der Waals surface area contributed by atoms with Crippen LogP contribution in [0.25, 0.3) is 93.6 Å². The van der Waals surface area contributed by atoms with Gasteiger partial charge in [0.05, 0.1) is 11.0 Å². The van der Waals surface area contributed by atoms with Crippen LogP contribution >= 0.6 is 0 Å². The first kappa shape index (κ1) is 28.5. The standard InChI is InChI=1S/C49H33NO/c1-49(2)43-15-9-8-14-37(43)38-21-22-39-42-29-36(20-25-46(42)51-48(39)47(38)49)50-44-23-18-34(30-10-4-3-5-11-30)27-40(44)41-28-35(19-24-45(41)50)33-17-16-31-12-6-7-13-32(31)26-33/h3-29H,1-2H3. The van der Waals surface area contributed by atoms with Gasteiger partial charge >= 0.3 is 0 Å². The number of rotatable bonds is 3. The zero-order valence-corrected chi connectivity index (χ0v) is 28.4. The summed E-state index contributed by atoms with van der Waals surface area (Å²) in [6.07, 6.45) is 0. The highest BCUT2D eigenvalue weighted by Crippen LogP contribution is 2.52. The van der Waals surface area contributed by atoms with Gasteiger partial charge in [0.15, 0.2) is 0 Å². The van der Waals surface area contributed by atoms with E-state index >= 15 is 0 Å². The molecule has 51 heavy (non-hydrogen) atoms. The Morgan fingerprint density at radius 2 is 1.12 bits per heavy atom. The molecule has 0 fully saturated rings. The van der Waals surface area contributed by atoms with Gasteiger partial charge in [0.2, 0.25) is 0 Å². The van der Waals surface area contributed by atoms with Gasteiger partial charge in [0.1, 0.15) is 11.2 Å². The molecule has 0 radical (unpaired) electrons.